The Morgan fingerprint density at radius 3 is 3.00 bits per heavy atom. The van der Waals surface area contributed by atoms with Crippen LogP contribution in [-0.4, -0.2) is 55.5 Å². The summed E-state index contributed by atoms with van der Waals surface area (Å²) in [4.78, 5) is 25.8. The zero-order valence-corrected chi connectivity index (χ0v) is 11.4. The fourth-order valence-corrected chi connectivity index (χ4v) is 1.81. The predicted octanol–water partition coefficient (Wildman–Crippen LogP) is 0.604. The molecule has 1 aromatic heterocycles. The van der Waals surface area contributed by atoms with Gasteiger partial charge in [-0.1, -0.05) is 0 Å². The van der Waals surface area contributed by atoms with Crippen LogP contribution in [0.3, 0.4) is 0 Å². The fourth-order valence-electron chi connectivity index (χ4n) is 1.81. The first kappa shape index (κ1) is 15.1. The number of aromatic nitrogens is 1. The van der Waals surface area contributed by atoms with Gasteiger partial charge in [0.25, 0.3) is 0 Å². The Balaban J connectivity index is 2.13. The zero-order chi connectivity index (χ0) is 15.2. The van der Waals surface area contributed by atoms with Gasteiger partial charge in [0.1, 0.15) is 0 Å². The number of carbonyl (C=O) groups excluding carboxylic acids is 1. The molecule has 2 rings (SSSR count). The lowest BCUT2D eigenvalue weighted by atomic mass is 10.3. The fraction of sp³-hybridized carbons (Fsp3) is 0.500. The number of nitro groups is 1. The molecule has 9 nitrogen and oxygen atoms in total. The minimum absolute atomic E-state index is 0.00271. The molecular formula is C12H15N3O6. The number of esters is 1. The monoisotopic (exact) mass is 297 g/mol. The van der Waals surface area contributed by atoms with Gasteiger partial charge in [0.15, 0.2) is 5.69 Å². The molecule has 1 saturated heterocycles. The van der Waals surface area contributed by atoms with Crippen molar-refractivity contribution in [2.24, 2.45) is 0 Å². The summed E-state index contributed by atoms with van der Waals surface area (Å²) in [5, 5.41) is 13.8. The van der Waals surface area contributed by atoms with Crippen LogP contribution in [0.2, 0.25) is 0 Å². The summed E-state index contributed by atoms with van der Waals surface area (Å²) in [7, 11) is 1.21. The Bertz CT molecular complexity index is 530. The smallest absolute Gasteiger partial charge is 0.356 e. The molecule has 1 N–H and O–H groups in total. The topological polar surface area (TPSA) is 113 Å². The Labute approximate surface area is 120 Å². The molecule has 1 aliphatic heterocycles. The van der Waals surface area contributed by atoms with Crippen LogP contribution in [0.1, 0.15) is 10.5 Å². The number of hydrogen-bond donors (Lipinski definition) is 1. The van der Waals surface area contributed by atoms with Gasteiger partial charge in [-0.05, 0) is 6.07 Å². The third-order valence-electron chi connectivity index (χ3n) is 2.85. The molecule has 2 heterocycles. The third kappa shape index (κ3) is 3.86. The number of methoxy groups -OCH3 is 1. The summed E-state index contributed by atoms with van der Waals surface area (Å²) in [6.07, 6.45) is -0.220. The van der Waals surface area contributed by atoms with Crippen LogP contribution in [0.5, 0.6) is 0 Å². The molecule has 9 heteroatoms. The highest BCUT2D eigenvalue weighted by Gasteiger charge is 2.21. The number of ether oxygens (including phenoxy) is 3. The van der Waals surface area contributed by atoms with E-state index in [1.54, 1.807) is 0 Å². The number of rotatable bonds is 5. The van der Waals surface area contributed by atoms with Crippen molar-refractivity contribution in [1.29, 1.82) is 0 Å². The van der Waals surface area contributed by atoms with Crippen molar-refractivity contribution < 1.29 is 23.9 Å². The van der Waals surface area contributed by atoms with Crippen LogP contribution >= 0.6 is 0 Å². The van der Waals surface area contributed by atoms with Gasteiger partial charge in [-0.15, -0.1) is 0 Å². The molecule has 0 aromatic carbocycles. The van der Waals surface area contributed by atoms with E-state index in [0.29, 0.717) is 26.4 Å². The number of nitrogens with one attached hydrogen (secondary N) is 1. The second kappa shape index (κ2) is 6.95. The molecule has 21 heavy (non-hydrogen) atoms. The molecule has 0 aliphatic carbocycles. The molecule has 0 spiro atoms. The molecule has 1 fully saturated rings. The molecule has 1 aliphatic rings. The summed E-state index contributed by atoms with van der Waals surface area (Å²) in [5.74, 6) is -0.665. The van der Waals surface area contributed by atoms with E-state index < -0.39 is 10.9 Å². The number of nitrogens with zero attached hydrogens (tertiary/aromatic N) is 2. The lowest BCUT2D eigenvalue weighted by molar-refractivity contribution is -0.384. The minimum Gasteiger partial charge on any atom is -0.464 e. The van der Waals surface area contributed by atoms with Gasteiger partial charge in [-0.2, -0.15) is 0 Å². The molecule has 0 amide bonds. The molecule has 1 unspecified atom stereocenters. The Hall–Kier alpha value is -2.26. The van der Waals surface area contributed by atoms with Crippen molar-refractivity contribution in [3.8, 4) is 0 Å². The van der Waals surface area contributed by atoms with Crippen molar-refractivity contribution in [2.45, 2.75) is 6.10 Å². The van der Waals surface area contributed by atoms with Gasteiger partial charge in [0.05, 0.1) is 38.0 Å². The molecule has 1 aromatic rings. The predicted molar refractivity (Wildman–Crippen MR) is 71.3 cm³/mol. The lowest BCUT2D eigenvalue weighted by Gasteiger charge is -2.23. The van der Waals surface area contributed by atoms with E-state index in [9.17, 15) is 14.9 Å². The van der Waals surface area contributed by atoms with Gasteiger partial charge >= 0.3 is 11.7 Å². The summed E-state index contributed by atoms with van der Waals surface area (Å²) in [6.45, 7) is 1.70. The van der Waals surface area contributed by atoms with Crippen molar-refractivity contribution in [3.63, 3.8) is 0 Å². The normalized spacial score (nSPS) is 18.0. The molecule has 114 valence electrons. The van der Waals surface area contributed by atoms with Gasteiger partial charge in [-0.3, -0.25) is 10.1 Å². The number of pyridine rings is 1. The largest absolute Gasteiger partial charge is 0.464 e. The highest BCUT2D eigenvalue weighted by atomic mass is 16.6. The number of hydrogen-bond acceptors (Lipinski definition) is 8. The summed E-state index contributed by atoms with van der Waals surface area (Å²) < 4.78 is 15.2. The van der Waals surface area contributed by atoms with Gasteiger partial charge in [0.2, 0.25) is 5.82 Å². The third-order valence-corrected chi connectivity index (χ3v) is 2.85. The van der Waals surface area contributed by atoms with Crippen molar-refractivity contribution in [2.75, 3.05) is 38.8 Å². The average molecular weight is 297 g/mol. The molecular weight excluding hydrogens is 282 g/mol. The first-order valence-corrected chi connectivity index (χ1v) is 6.28. The van der Waals surface area contributed by atoms with E-state index in [2.05, 4.69) is 15.0 Å². The maximum absolute atomic E-state index is 11.4. The molecule has 1 atom stereocenters. The Morgan fingerprint density at radius 1 is 1.57 bits per heavy atom. The highest BCUT2D eigenvalue weighted by Crippen LogP contribution is 2.22. The number of anilines is 1. The van der Waals surface area contributed by atoms with E-state index >= 15 is 0 Å². The maximum Gasteiger partial charge on any atom is 0.356 e. The lowest BCUT2D eigenvalue weighted by Crippen LogP contribution is -2.34. The standard InChI is InChI=1S/C12H15N3O6/c1-19-12(16)9-2-3-10(15(17)18)11(14-9)13-6-8-7-20-4-5-21-8/h2-3,8H,4-7H2,1H3,(H,13,14). The zero-order valence-electron chi connectivity index (χ0n) is 11.4. The van der Waals surface area contributed by atoms with E-state index in [1.807, 2.05) is 0 Å². The first-order chi connectivity index (χ1) is 10.1. The van der Waals surface area contributed by atoms with Crippen LogP contribution in [0, 0.1) is 10.1 Å². The van der Waals surface area contributed by atoms with E-state index in [1.165, 1.54) is 19.2 Å². The van der Waals surface area contributed by atoms with E-state index in [0.717, 1.165) is 0 Å². The molecule has 0 radical (unpaired) electrons. The summed E-state index contributed by atoms with van der Waals surface area (Å²) in [6, 6.07) is 2.45. The summed E-state index contributed by atoms with van der Waals surface area (Å²) in [5.41, 5.74) is -0.231. The van der Waals surface area contributed by atoms with Crippen molar-refractivity contribution >= 4 is 17.5 Å². The van der Waals surface area contributed by atoms with Crippen LogP contribution in [-0.2, 0) is 14.2 Å². The molecule has 0 saturated carbocycles. The van der Waals surface area contributed by atoms with Gasteiger partial charge < -0.3 is 19.5 Å². The van der Waals surface area contributed by atoms with Crippen molar-refractivity contribution in [3.05, 3.63) is 27.9 Å². The Kier molecular flexibility index (Phi) is 5.01. The minimum atomic E-state index is -0.662. The number of carbonyl (C=O) groups is 1. The Morgan fingerprint density at radius 2 is 2.38 bits per heavy atom. The van der Waals surface area contributed by atoms with Crippen LogP contribution in [0.4, 0.5) is 11.5 Å². The average Bonchev–Trinajstić information content (AvgIpc) is 2.52. The van der Waals surface area contributed by atoms with Crippen LogP contribution in [0.25, 0.3) is 0 Å². The van der Waals surface area contributed by atoms with Gasteiger partial charge in [-0.25, -0.2) is 9.78 Å². The van der Waals surface area contributed by atoms with Crippen LogP contribution in [0.15, 0.2) is 12.1 Å². The molecule has 0 bridgehead atoms. The second-order valence-corrected chi connectivity index (χ2v) is 4.26. The van der Waals surface area contributed by atoms with E-state index in [-0.39, 0.29) is 23.3 Å². The van der Waals surface area contributed by atoms with Gasteiger partial charge in [0, 0.05) is 12.6 Å². The highest BCUT2D eigenvalue weighted by molar-refractivity contribution is 5.88. The first-order valence-electron chi connectivity index (χ1n) is 6.28. The quantitative estimate of drug-likeness (QED) is 0.477. The van der Waals surface area contributed by atoms with Crippen molar-refractivity contribution in [1.82, 2.24) is 4.98 Å². The van der Waals surface area contributed by atoms with Crippen LogP contribution < -0.4 is 5.32 Å². The van der Waals surface area contributed by atoms with E-state index in [4.69, 9.17) is 9.47 Å². The maximum atomic E-state index is 11.4. The SMILES string of the molecule is COC(=O)c1ccc([N+](=O)[O-])c(NCC2COCCO2)n1. The second-order valence-electron chi connectivity index (χ2n) is 4.26. The summed E-state index contributed by atoms with van der Waals surface area (Å²) >= 11 is 0.